The molecule has 0 radical (unpaired) electrons. The molecule has 29 heavy (non-hydrogen) atoms. The van der Waals surface area contributed by atoms with Gasteiger partial charge in [-0.1, -0.05) is 29.3 Å². The molecule has 1 aromatic heterocycles. The zero-order valence-electron chi connectivity index (χ0n) is 16.7. The predicted molar refractivity (Wildman–Crippen MR) is 123 cm³/mol. The number of fused-ring (bicyclic) bond motifs is 1. The van der Waals surface area contributed by atoms with Crippen molar-refractivity contribution in [3.63, 3.8) is 0 Å². The molecule has 4 nitrogen and oxygen atoms in total. The van der Waals surface area contributed by atoms with Crippen molar-refractivity contribution >= 4 is 33.3 Å². The zero-order chi connectivity index (χ0) is 20.2. The lowest BCUT2D eigenvalue weighted by molar-refractivity contribution is 0.192. The lowest BCUT2D eigenvalue weighted by Crippen LogP contribution is -2.25. The summed E-state index contributed by atoms with van der Waals surface area (Å²) in [6, 6.07) is 9.67. The third-order valence-electron chi connectivity index (χ3n) is 5.45. The van der Waals surface area contributed by atoms with Gasteiger partial charge in [-0.05, 0) is 55.6 Å². The molecule has 4 rings (SSSR count). The molecule has 1 saturated heterocycles. The highest BCUT2D eigenvalue weighted by molar-refractivity contribution is 9.11. The van der Waals surface area contributed by atoms with Crippen LogP contribution in [0.3, 0.4) is 0 Å². The first-order valence-electron chi connectivity index (χ1n) is 10.3. The van der Waals surface area contributed by atoms with E-state index >= 15 is 0 Å². The molecular weight excluding hydrogens is 448 g/mol. The van der Waals surface area contributed by atoms with Crippen molar-refractivity contribution in [1.29, 1.82) is 0 Å². The minimum atomic E-state index is 0.231. The monoisotopic (exact) mass is 474 g/mol. The molecule has 3 heterocycles. The fourth-order valence-corrected chi connectivity index (χ4v) is 5.88. The zero-order valence-corrected chi connectivity index (χ0v) is 19.1. The second-order valence-corrected chi connectivity index (χ2v) is 9.72. The van der Waals surface area contributed by atoms with E-state index in [1.54, 1.807) is 17.8 Å². The Morgan fingerprint density at radius 1 is 1.31 bits per heavy atom. The van der Waals surface area contributed by atoms with E-state index < -0.39 is 0 Å². The molecule has 2 aliphatic heterocycles. The first-order valence-corrected chi connectivity index (χ1v) is 12.1. The number of hydrogen-bond acceptors (Lipinski definition) is 5. The Morgan fingerprint density at radius 3 is 3.00 bits per heavy atom. The van der Waals surface area contributed by atoms with Gasteiger partial charge in [-0.2, -0.15) is 0 Å². The number of unbranched alkanes of at least 4 members (excludes halogenated alkanes) is 1. The van der Waals surface area contributed by atoms with Crippen molar-refractivity contribution in [1.82, 2.24) is 9.88 Å². The molecule has 0 unspecified atom stereocenters. The molecule has 6 heteroatoms. The SMILES string of the molecule is CCCCN1CC[C@H](Oc2ccc(C3=C(Br)CCSc4cc(O)ccc43)cn2)C1. The van der Waals surface area contributed by atoms with Crippen molar-refractivity contribution < 1.29 is 9.84 Å². The topological polar surface area (TPSA) is 45.6 Å². The van der Waals surface area contributed by atoms with E-state index in [9.17, 15) is 5.11 Å². The van der Waals surface area contributed by atoms with Crippen LogP contribution in [0.5, 0.6) is 11.6 Å². The number of halogens is 1. The Hall–Kier alpha value is -1.50. The number of nitrogens with zero attached hydrogens (tertiary/aromatic N) is 2. The summed E-state index contributed by atoms with van der Waals surface area (Å²) in [5.41, 5.74) is 3.35. The van der Waals surface area contributed by atoms with Crippen LogP contribution in [0.4, 0.5) is 0 Å². The van der Waals surface area contributed by atoms with Gasteiger partial charge in [0.15, 0.2) is 0 Å². The number of benzene rings is 1. The lowest BCUT2D eigenvalue weighted by atomic mass is 9.98. The van der Waals surface area contributed by atoms with E-state index in [0.717, 1.165) is 59.8 Å². The van der Waals surface area contributed by atoms with Gasteiger partial charge >= 0.3 is 0 Å². The van der Waals surface area contributed by atoms with Crippen molar-refractivity contribution in [2.75, 3.05) is 25.4 Å². The summed E-state index contributed by atoms with van der Waals surface area (Å²) in [6.45, 7) is 5.51. The van der Waals surface area contributed by atoms with E-state index in [-0.39, 0.29) is 6.10 Å². The number of aromatic hydroxyl groups is 1. The highest BCUT2D eigenvalue weighted by Crippen LogP contribution is 2.42. The number of likely N-dealkylation sites (tertiary alicyclic amines) is 1. The summed E-state index contributed by atoms with van der Waals surface area (Å²) < 4.78 is 7.32. The highest BCUT2D eigenvalue weighted by Gasteiger charge is 2.24. The lowest BCUT2D eigenvalue weighted by Gasteiger charge is -2.16. The highest BCUT2D eigenvalue weighted by atomic mass is 79.9. The fraction of sp³-hybridized carbons (Fsp3) is 0.435. The number of phenols is 1. The molecule has 1 N–H and O–H groups in total. The van der Waals surface area contributed by atoms with Gasteiger partial charge in [-0.15, -0.1) is 11.8 Å². The number of phenolic OH excluding ortho intramolecular Hbond substituents is 1. The maximum absolute atomic E-state index is 9.87. The fourth-order valence-electron chi connectivity index (χ4n) is 3.92. The standard InChI is InChI=1S/C23H27BrN2O2S/c1-2-3-10-26-11-8-18(15-26)28-22-7-4-16(14-25-22)23-19-6-5-17(27)13-21(19)29-12-9-20(23)24/h4-7,13-14,18,27H,2-3,8-12,15H2,1H3/t18-/m0/s1. The number of rotatable bonds is 6. The molecule has 1 aromatic carbocycles. The molecule has 0 saturated carbocycles. The summed E-state index contributed by atoms with van der Waals surface area (Å²) >= 11 is 5.56. The molecular formula is C23H27BrN2O2S. The average molecular weight is 475 g/mol. The molecule has 0 bridgehead atoms. The number of ether oxygens (including phenoxy) is 1. The van der Waals surface area contributed by atoms with E-state index in [4.69, 9.17) is 4.74 Å². The maximum Gasteiger partial charge on any atom is 0.213 e. The van der Waals surface area contributed by atoms with Crippen LogP contribution in [0.1, 0.15) is 43.7 Å². The van der Waals surface area contributed by atoms with Gasteiger partial charge in [0, 0.05) is 51.6 Å². The van der Waals surface area contributed by atoms with Crippen molar-refractivity contribution in [3.05, 3.63) is 52.1 Å². The van der Waals surface area contributed by atoms with Gasteiger partial charge in [0.2, 0.25) is 5.88 Å². The van der Waals surface area contributed by atoms with Crippen molar-refractivity contribution in [3.8, 4) is 11.6 Å². The number of hydrogen-bond donors (Lipinski definition) is 1. The molecule has 2 aromatic rings. The number of aromatic nitrogens is 1. The Balaban J connectivity index is 1.50. The first kappa shape index (κ1) is 20.8. The predicted octanol–water partition coefficient (Wildman–Crippen LogP) is 5.69. The maximum atomic E-state index is 9.87. The second kappa shape index (κ2) is 9.54. The molecule has 0 spiro atoms. The van der Waals surface area contributed by atoms with Crippen LogP contribution >= 0.6 is 27.7 Å². The van der Waals surface area contributed by atoms with Gasteiger partial charge in [-0.3, -0.25) is 4.90 Å². The summed E-state index contributed by atoms with van der Waals surface area (Å²) in [7, 11) is 0. The van der Waals surface area contributed by atoms with E-state index in [1.807, 2.05) is 24.4 Å². The molecule has 154 valence electrons. The van der Waals surface area contributed by atoms with Crippen LogP contribution in [-0.4, -0.2) is 46.5 Å². The summed E-state index contributed by atoms with van der Waals surface area (Å²) in [4.78, 5) is 8.20. The third kappa shape index (κ3) is 4.98. The Labute approximate surface area is 185 Å². The second-order valence-electron chi connectivity index (χ2n) is 7.63. The van der Waals surface area contributed by atoms with Crippen molar-refractivity contribution in [2.45, 2.75) is 43.6 Å². The van der Waals surface area contributed by atoms with E-state index in [2.05, 4.69) is 38.8 Å². The molecule has 0 amide bonds. The summed E-state index contributed by atoms with van der Waals surface area (Å²) in [5.74, 6) is 1.98. The van der Waals surface area contributed by atoms with Gasteiger partial charge in [-0.25, -0.2) is 4.98 Å². The van der Waals surface area contributed by atoms with Crippen LogP contribution in [0.25, 0.3) is 5.57 Å². The van der Waals surface area contributed by atoms with E-state index in [1.165, 1.54) is 17.3 Å². The molecule has 1 atom stereocenters. The van der Waals surface area contributed by atoms with Crippen LogP contribution < -0.4 is 4.74 Å². The number of thioether (sulfide) groups is 1. The third-order valence-corrected chi connectivity index (χ3v) is 7.30. The minimum Gasteiger partial charge on any atom is -0.508 e. The van der Waals surface area contributed by atoms with Gasteiger partial charge in [0.25, 0.3) is 0 Å². The Kier molecular flexibility index (Phi) is 6.83. The molecule has 2 aliphatic rings. The number of pyridine rings is 1. The van der Waals surface area contributed by atoms with Crippen LogP contribution in [-0.2, 0) is 0 Å². The normalized spacial score (nSPS) is 19.9. The molecule has 0 aliphatic carbocycles. The Morgan fingerprint density at radius 2 is 2.21 bits per heavy atom. The van der Waals surface area contributed by atoms with Gasteiger partial charge in [0.05, 0.1) is 0 Å². The van der Waals surface area contributed by atoms with E-state index in [0.29, 0.717) is 11.6 Å². The first-order chi connectivity index (χ1) is 14.1. The molecule has 1 fully saturated rings. The van der Waals surface area contributed by atoms with Gasteiger partial charge in [0.1, 0.15) is 11.9 Å². The minimum absolute atomic E-state index is 0.231. The Bertz CT molecular complexity index is 885. The van der Waals surface area contributed by atoms with Crippen LogP contribution in [0.2, 0.25) is 0 Å². The largest absolute Gasteiger partial charge is 0.508 e. The van der Waals surface area contributed by atoms with Crippen LogP contribution in [0, 0.1) is 0 Å². The average Bonchev–Trinajstić information content (AvgIpc) is 3.09. The van der Waals surface area contributed by atoms with Gasteiger partial charge < -0.3 is 9.84 Å². The van der Waals surface area contributed by atoms with Crippen LogP contribution in [0.15, 0.2) is 45.9 Å². The number of allylic oxidation sites excluding steroid dienone is 1. The quantitative estimate of drug-likeness (QED) is 0.582. The summed E-state index contributed by atoms with van der Waals surface area (Å²) in [5, 5.41) is 9.87. The van der Waals surface area contributed by atoms with Crippen molar-refractivity contribution in [2.24, 2.45) is 0 Å². The smallest absolute Gasteiger partial charge is 0.213 e. The summed E-state index contributed by atoms with van der Waals surface area (Å²) in [6.07, 6.45) is 6.64.